The number of anilines is 1. The van der Waals surface area contributed by atoms with E-state index in [2.05, 4.69) is 24.1 Å². The Hall–Kier alpha value is -1.97. The third-order valence-electron chi connectivity index (χ3n) is 4.40. The molecule has 3 rings (SSSR count). The molecule has 1 aliphatic rings. The van der Waals surface area contributed by atoms with Gasteiger partial charge >= 0.3 is 0 Å². The van der Waals surface area contributed by atoms with E-state index in [0.717, 1.165) is 23.7 Å². The maximum absolute atomic E-state index is 12.4. The fourth-order valence-corrected chi connectivity index (χ4v) is 3.60. The lowest BCUT2D eigenvalue weighted by atomic mass is 9.80. The number of aromatic amines is 1. The second-order valence-corrected chi connectivity index (χ2v) is 6.62. The van der Waals surface area contributed by atoms with Crippen LogP contribution in [0.3, 0.4) is 0 Å². The van der Waals surface area contributed by atoms with Crippen molar-refractivity contribution in [2.75, 3.05) is 5.73 Å². The molecular weight excluding hydrogens is 262 g/mol. The van der Waals surface area contributed by atoms with Crippen LogP contribution in [0.2, 0.25) is 0 Å². The molecule has 1 aliphatic carbocycles. The van der Waals surface area contributed by atoms with Gasteiger partial charge in [-0.05, 0) is 55.4 Å². The Morgan fingerprint density at radius 1 is 1.19 bits per heavy atom. The molecule has 0 saturated heterocycles. The summed E-state index contributed by atoms with van der Waals surface area (Å²) in [7, 11) is 0. The first-order valence-electron chi connectivity index (χ1n) is 7.70. The number of rotatable bonds is 2. The molecule has 21 heavy (non-hydrogen) atoms. The zero-order valence-corrected chi connectivity index (χ0v) is 12.6. The summed E-state index contributed by atoms with van der Waals surface area (Å²) in [5.41, 5.74) is 8.04. The Bertz CT molecular complexity index is 651. The molecule has 1 saturated carbocycles. The number of aromatic nitrogens is 1. The Morgan fingerprint density at radius 2 is 1.90 bits per heavy atom. The summed E-state index contributed by atoms with van der Waals surface area (Å²) in [6.07, 6.45) is 3.41. The van der Waals surface area contributed by atoms with Gasteiger partial charge < -0.3 is 16.0 Å². The lowest BCUT2D eigenvalue weighted by Crippen LogP contribution is -2.40. The predicted octanol–water partition coefficient (Wildman–Crippen LogP) is 3.30. The highest BCUT2D eigenvalue weighted by Crippen LogP contribution is 2.28. The number of fused-ring (bicyclic) bond motifs is 1. The average Bonchev–Trinajstić information content (AvgIpc) is 2.80. The molecule has 0 spiro atoms. The maximum Gasteiger partial charge on any atom is 0.267 e. The van der Waals surface area contributed by atoms with E-state index in [4.69, 9.17) is 5.73 Å². The van der Waals surface area contributed by atoms with Crippen molar-refractivity contribution in [2.24, 2.45) is 11.8 Å². The minimum atomic E-state index is -0.0175. The summed E-state index contributed by atoms with van der Waals surface area (Å²) in [5.74, 6) is 1.35. The van der Waals surface area contributed by atoms with Gasteiger partial charge in [-0.2, -0.15) is 0 Å². The van der Waals surface area contributed by atoms with Crippen LogP contribution in [0, 0.1) is 11.8 Å². The molecule has 1 aromatic carbocycles. The maximum atomic E-state index is 12.4. The highest BCUT2D eigenvalue weighted by atomic mass is 16.1. The van der Waals surface area contributed by atoms with Gasteiger partial charge in [0.15, 0.2) is 0 Å². The minimum Gasteiger partial charge on any atom is -0.399 e. The fraction of sp³-hybridized carbons (Fsp3) is 0.471. The smallest absolute Gasteiger partial charge is 0.267 e. The predicted molar refractivity (Wildman–Crippen MR) is 86.1 cm³/mol. The summed E-state index contributed by atoms with van der Waals surface area (Å²) in [6, 6.07) is 7.79. The van der Waals surface area contributed by atoms with Crippen LogP contribution in [0.25, 0.3) is 10.9 Å². The highest BCUT2D eigenvalue weighted by Gasteiger charge is 2.25. The van der Waals surface area contributed by atoms with Crippen LogP contribution in [0.5, 0.6) is 0 Å². The van der Waals surface area contributed by atoms with Crippen LogP contribution in [-0.2, 0) is 0 Å². The van der Waals surface area contributed by atoms with Gasteiger partial charge in [-0.15, -0.1) is 0 Å². The van der Waals surface area contributed by atoms with Crippen molar-refractivity contribution >= 4 is 22.5 Å². The zero-order valence-electron chi connectivity index (χ0n) is 12.6. The average molecular weight is 285 g/mol. The van der Waals surface area contributed by atoms with Gasteiger partial charge in [-0.3, -0.25) is 4.79 Å². The van der Waals surface area contributed by atoms with Gasteiger partial charge in [0.1, 0.15) is 5.69 Å². The largest absolute Gasteiger partial charge is 0.399 e. The molecule has 1 heterocycles. The van der Waals surface area contributed by atoms with Gasteiger partial charge in [-0.1, -0.05) is 13.8 Å². The van der Waals surface area contributed by atoms with E-state index in [1.807, 2.05) is 24.3 Å². The van der Waals surface area contributed by atoms with E-state index in [0.29, 0.717) is 23.2 Å². The molecule has 1 fully saturated rings. The first kappa shape index (κ1) is 14.0. The number of nitrogen functional groups attached to an aromatic ring is 1. The highest BCUT2D eigenvalue weighted by molar-refractivity contribution is 5.98. The Morgan fingerprint density at radius 3 is 2.62 bits per heavy atom. The second-order valence-electron chi connectivity index (χ2n) is 6.62. The lowest BCUT2D eigenvalue weighted by Gasteiger charge is -2.31. The summed E-state index contributed by atoms with van der Waals surface area (Å²) in [4.78, 5) is 15.6. The molecule has 0 aliphatic heterocycles. The van der Waals surface area contributed by atoms with E-state index < -0.39 is 0 Å². The van der Waals surface area contributed by atoms with Crippen LogP contribution < -0.4 is 11.1 Å². The minimum absolute atomic E-state index is 0.0175. The molecule has 4 heteroatoms. The SMILES string of the molecule is CC1CC(C)CC(NC(=O)c2cc3cc(N)ccc3[nH]2)C1. The van der Waals surface area contributed by atoms with Gasteiger partial charge in [0, 0.05) is 22.6 Å². The number of amides is 1. The van der Waals surface area contributed by atoms with Crippen LogP contribution in [0.4, 0.5) is 5.69 Å². The number of H-pyrrole nitrogens is 1. The van der Waals surface area contributed by atoms with E-state index in [1.165, 1.54) is 6.42 Å². The Labute approximate surface area is 125 Å². The van der Waals surface area contributed by atoms with Gasteiger partial charge in [-0.25, -0.2) is 0 Å². The lowest BCUT2D eigenvalue weighted by molar-refractivity contribution is 0.0907. The molecule has 112 valence electrons. The third kappa shape index (κ3) is 3.04. The Balaban J connectivity index is 1.74. The first-order valence-corrected chi connectivity index (χ1v) is 7.70. The second kappa shape index (κ2) is 5.43. The van der Waals surface area contributed by atoms with Gasteiger partial charge in [0.05, 0.1) is 0 Å². The van der Waals surface area contributed by atoms with Crippen molar-refractivity contribution in [2.45, 2.75) is 39.2 Å². The van der Waals surface area contributed by atoms with Crippen LogP contribution in [0.1, 0.15) is 43.6 Å². The standard InChI is InChI=1S/C17H23N3O/c1-10-5-11(2)7-14(6-10)19-17(21)16-9-12-8-13(18)3-4-15(12)20-16/h3-4,8-11,14,20H,5-7,18H2,1-2H3,(H,19,21). The molecule has 0 bridgehead atoms. The molecule has 2 atom stereocenters. The third-order valence-corrected chi connectivity index (χ3v) is 4.40. The molecular formula is C17H23N3O. The molecule has 2 unspecified atom stereocenters. The van der Waals surface area contributed by atoms with Gasteiger partial charge in [0.2, 0.25) is 0 Å². The van der Waals surface area contributed by atoms with Crippen LogP contribution in [0.15, 0.2) is 24.3 Å². The fourth-order valence-electron chi connectivity index (χ4n) is 3.60. The molecule has 2 aromatic rings. The number of nitrogens with one attached hydrogen (secondary N) is 2. The quantitative estimate of drug-likeness (QED) is 0.741. The van der Waals surface area contributed by atoms with Gasteiger partial charge in [0.25, 0.3) is 5.91 Å². The van der Waals surface area contributed by atoms with Crippen molar-refractivity contribution in [3.63, 3.8) is 0 Å². The van der Waals surface area contributed by atoms with E-state index in [1.54, 1.807) is 0 Å². The topological polar surface area (TPSA) is 70.9 Å². The molecule has 0 radical (unpaired) electrons. The first-order chi connectivity index (χ1) is 10.0. The van der Waals surface area contributed by atoms with Crippen molar-refractivity contribution in [1.82, 2.24) is 10.3 Å². The molecule has 1 aromatic heterocycles. The summed E-state index contributed by atoms with van der Waals surface area (Å²) >= 11 is 0. The zero-order chi connectivity index (χ0) is 15.0. The Kier molecular flexibility index (Phi) is 3.62. The van der Waals surface area contributed by atoms with Crippen LogP contribution >= 0.6 is 0 Å². The van der Waals surface area contributed by atoms with E-state index in [9.17, 15) is 4.79 Å². The summed E-state index contributed by atoms with van der Waals surface area (Å²) < 4.78 is 0. The number of carbonyl (C=O) groups excluding carboxylic acids is 1. The molecule has 4 nitrogen and oxygen atoms in total. The number of hydrogen-bond acceptors (Lipinski definition) is 2. The summed E-state index contributed by atoms with van der Waals surface area (Å²) in [5, 5.41) is 4.15. The van der Waals surface area contributed by atoms with Crippen molar-refractivity contribution in [1.29, 1.82) is 0 Å². The van der Waals surface area contributed by atoms with Crippen molar-refractivity contribution in [3.05, 3.63) is 30.0 Å². The monoisotopic (exact) mass is 285 g/mol. The van der Waals surface area contributed by atoms with Crippen LogP contribution in [-0.4, -0.2) is 16.9 Å². The van der Waals surface area contributed by atoms with Crippen molar-refractivity contribution < 1.29 is 4.79 Å². The number of carbonyl (C=O) groups is 1. The number of benzene rings is 1. The van der Waals surface area contributed by atoms with E-state index in [-0.39, 0.29) is 11.9 Å². The van der Waals surface area contributed by atoms with Crippen molar-refractivity contribution in [3.8, 4) is 0 Å². The normalized spacial score (nSPS) is 25.9. The van der Waals surface area contributed by atoms with E-state index >= 15 is 0 Å². The number of hydrogen-bond donors (Lipinski definition) is 3. The molecule has 1 amide bonds. The summed E-state index contributed by atoms with van der Waals surface area (Å²) in [6.45, 7) is 4.53. The number of nitrogens with two attached hydrogens (primary N) is 1. The molecule has 4 N–H and O–H groups in total.